The molecular weight excluding hydrogens is 286 g/mol. The Kier molecular flexibility index (Phi) is 4.60. The van der Waals surface area contributed by atoms with Gasteiger partial charge in [0, 0.05) is 17.1 Å². The molecule has 22 heavy (non-hydrogen) atoms. The van der Waals surface area contributed by atoms with Crippen LogP contribution in [0.4, 0.5) is 0 Å². The molecule has 0 saturated heterocycles. The number of H-pyrrole nitrogens is 1. The van der Waals surface area contributed by atoms with Crippen molar-refractivity contribution >= 4 is 22.8 Å². The summed E-state index contributed by atoms with van der Waals surface area (Å²) in [6, 6.07) is 4.58. The fraction of sp³-hybridized carbons (Fsp3) is 0.312. The Morgan fingerprint density at radius 1 is 1.23 bits per heavy atom. The van der Waals surface area contributed by atoms with Gasteiger partial charge in [-0.1, -0.05) is 0 Å². The van der Waals surface area contributed by atoms with Crippen molar-refractivity contribution in [3.8, 4) is 0 Å². The van der Waals surface area contributed by atoms with Crippen LogP contribution in [-0.2, 0) is 9.47 Å². The van der Waals surface area contributed by atoms with Crippen molar-refractivity contribution in [3.05, 3.63) is 45.7 Å². The zero-order valence-corrected chi connectivity index (χ0v) is 12.6. The van der Waals surface area contributed by atoms with Crippen LogP contribution in [0.5, 0.6) is 0 Å². The minimum atomic E-state index is -0.694. The van der Waals surface area contributed by atoms with Crippen LogP contribution in [0, 0.1) is 0 Å². The smallest absolute Gasteiger partial charge is 0.343 e. The van der Waals surface area contributed by atoms with Gasteiger partial charge < -0.3 is 14.5 Å². The summed E-state index contributed by atoms with van der Waals surface area (Å²) in [7, 11) is 0. The highest BCUT2D eigenvalue weighted by atomic mass is 16.5. The number of carbonyl (C=O) groups is 2. The third-order valence-electron chi connectivity index (χ3n) is 2.95. The molecule has 0 atom stereocenters. The third kappa shape index (κ3) is 3.16. The van der Waals surface area contributed by atoms with Crippen LogP contribution < -0.4 is 5.43 Å². The lowest BCUT2D eigenvalue weighted by Crippen LogP contribution is -2.19. The van der Waals surface area contributed by atoms with Gasteiger partial charge in [-0.15, -0.1) is 0 Å². The SMILES string of the molecule is CCOC(=O)c1c[nH]c2ccc(C(=O)OC(C)C)cc2c1=O. The van der Waals surface area contributed by atoms with Crippen molar-refractivity contribution < 1.29 is 19.1 Å². The Hall–Kier alpha value is -2.63. The first kappa shape index (κ1) is 15.8. The molecular formula is C16H17NO5. The van der Waals surface area contributed by atoms with Gasteiger partial charge in [0.25, 0.3) is 0 Å². The van der Waals surface area contributed by atoms with Crippen LogP contribution >= 0.6 is 0 Å². The third-order valence-corrected chi connectivity index (χ3v) is 2.95. The molecule has 6 heteroatoms. The topological polar surface area (TPSA) is 85.5 Å². The average molecular weight is 303 g/mol. The molecule has 0 spiro atoms. The van der Waals surface area contributed by atoms with Crippen molar-refractivity contribution in [2.24, 2.45) is 0 Å². The molecule has 0 aliphatic heterocycles. The van der Waals surface area contributed by atoms with Crippen molar-refractivity contribution in [1.29, 1.82) is 0 Å². The van der Waals surface area contributed by atoms with E-state index in [4.69, 9.17) is 9.47 Å². The van der Waals surface area contributed by atoms with Crippen LogP contribution in [0.25, 0.3) is 10.9 Å². The molecule has 0 saturated carbocycles. The maximum atomic E-state index is 12.4. The summed E-state index contributed by atoms with van der Waals surface area (Å²) in [4.78, 5) is 38.9. The zero-order chi connectivity index (χ0) is 16.3. The van der Waals surface area contributed by atoms with Crippen molar-refractivity contribution in [3.63, 3.8) is 0 Å². The van der Waals surface area contributed by atoms with Gasteiger partial charge in [0.05, 0.1) is 18.3 Å². The summed E-state index contributed by atoms with van der Waals surface area (Å²) in [5.74, 6) is -1.21. The lowest BCUT2D eigenvalue weighted by Gasteiger charge is -2.08. The van der Waals surface area contributed by atoms with E-state index in [1.807, 2.05) is 0 Å². The molecule has 0 aliphatic carbocycles. The Balaban J connectivity index is 2.51. The number of aromatic nitrogens is 1. The van der Waals surface area contributed by atoms with E-state index in [-0.39, 0.29) is 29.2 Å². The monoisotopic (exact) mass is 303 g/mol. The van der Waals surface area contributed by atoms with E-state index in [0.717, 1.165) is 0 Å². The lowest BCUT2D eigenvalue weighted by atomic mass is 10.1. The molecule has 116 valence electrons. The summed E-state index contributed by atoms with van der Waals surface area (Å²) < 4.78 is 9.94. The number of aromatic amines is 1. The van der Waals surface area contributed by atoms with Crippen LogP contribution in [-0.4, -0.2) is 29.6 Å². The van der Waals surface area contributed by atoms with Gasteiger partial charge in [0.1, 0.15) is 5.56 Å². The van der Waals surface area contributed by atoms with E-state index >= 15 is 0 Å². The summed E-state index contributed by atoms with van der Waals surface area (Å²) >= 11 is 0. The number of nitrogens with one attached hydrogen (secondary N) is 1. The molecule has 2 rings (SSSR count). The number of hydrogen-bond donors (Lipinski definition) is 1. The van der Waals surface area contributed by atoms with Crippen molar-refractivity contribution in [2.45, 2.75) is 26.9 Å². The van der Waals surface area contributed by atoms with E-state index in [9.17, 15) is 14.4 Å². The first-order valence-corrected chi connectivity index (χ1v) is 6.97. The first-order valence-electron chi connectivity index (χ1n) is 6.97. The van der Waals surface area contributed by atoms with Gasteiger partial charge in [-0.3, -0.25) is 4.79 Å². The van der Waals surface area contributed by atoms with E-state index in [2.05, 4.69) is 4.98 Å². The average Bonchev–Trinajstić information content (AvgIpc) is 2.47. The molecule has 6 nitrogen and oxygen atoms in total. The highest BCUT2D eigenvalue weighted by Gasteiger charge is 2.16. The van der Waals surface area contributed by atoms with Crippen molar-refractivity contribution in [1.82, 2.24) is 4.98 Å². The fourth-order valence-electron chi connectivity index (χ4n) is 1.99. The van der Waals surface area contributed by atoms with Crippen LogP contribution in [0.3, 0.4) is 0 Å². The minimum Gasteiger partial charge on any atom is -0.462 e. The van der Waals surface area contributed by atoms with Gasteiger partial charge in [-0.25, -0.2) is 9.59 Å². The van der Waals surface area contributed by atoms with Crippen LogP contribution in [0.1, 0.15) is 41.5 Å². The summed E-state index contributed by atoms with van der Waals surface area (Å²) in [6.45, 7) is 5.32. The first-order chi connectivity index (χ1) is 10.4. The molecule has 1 N–H and O–H groups in total. The Bertz CT molecular complexity index is 776. The summed E-state index contributed by atoms with van der Waals surface area (Å²) in [5.41, 5.74) is 0.210. The number of ether oxygens (including phenoxy) is 2. The minimum absolute atomic E-state index is 0.0938. The van der Waals surface area contributed by atoms with Gasteiger partial charge in [0.2, 0.25) is 5.43 Å². The number of pyridine rings is 1. The van der Waals surface area contributed by atoms with Gasteiger partial charge in [-0.2, -0.15) is 0 Å². The van der Waals surface area contributed by atoms with Gasteiger partial charge in [0.15, 0.2) is 0 Å². The largest absolute Gasteiger partial charge is 0.462 e. The molecule has 1 heterocycles. The van der Waals surface area contributed by atoms with Crippen LogP contribution in [0.2, 0.25) is 0 Å². The molecule has 1 aromatic heterocycles. The Morgan fingerprint density at radius 3 is 2.59 bits per heavy atom. The van der Waals surface area contributed by atoms with Gasteiger partial charge in [-0.05, 0) is 39.0 Å². The van der Waals surface area contributed by atoms with E-state index in [1.54, 1.807) is 32.9 Å². The van der Waals surface area contributed by atoms with E-state index < -0.39 is 17.4 Å². The zero-order valence-electron chi connectivity index (χ0n) is 12.6. The summed E-state index contributed by atoms with van der Waals surface area (Å²) in [6.07, 6.45) is 1.06. The maximum Gasteiger partial charge on any atom is 0.343 e. The number of rotatable bonds is 4. The molecule has 1 aromatic carbocycles. The van der Waals surface area contributed by atoms with Gasteiger partial charge >= 0.3 is 11.9 Å². The molecule has 0 unspecified atom stereocenters. The van der Waals surface area contributed by atoms with Crippen molar-refractivity contribution in [2.75, 3.05) is 6.61 Å². The number of hydrogen-bond acceptors (Lipinski definition) is 5. The number of benzene rings is 1. The molecule has 0 amide bonds. The summed E-state index contributed by atoms with van der Waals surface area (Å²) in [5, 5.41) is 0.240. The molecule has 2 aromatic rings. The lowest BCUT2D eigenvalue weighted by molar-refractivity contribution is 0.0377. The highest BCUT2D eigenvalue weighted by molar-refractivity contribution is 5.97. The second kappa shape index (κ2) is 6.43. The molecule has 0 aliphatic rings. The normalized spacial score (nSPS) is 10.7. The van der Waals surface area contributed by atoms with E-state index in [0.29, 0.717) is 5.52 Å². The second-order valence-corrected chi connectivity index (χ2v) is 4.97. The Morgan fingerprint density at radius 2 is 1.95 bits per heavy atom. The maximum absolute atomic E-state index is 12.4. The standard InChI is InChI=1S/C16H17NO5/c1-4-21-16(20)12-8-17-13-6-5-10(7-11(13)14(12)18)15(19)22-9(2)3/h5-9H,4H2,1-3H3,(H,17,18). The number of esters is 2. The van der Waals surface area contributed by atoms with E-state index in [1.165, 1.54) is 12.3 Å². The van der Waals surface area contributed by atoms with Crippen LogP contribution in [0.15, 0.2) is 29.2 Å². The quantitative estimate of drug-likeness (QED) is 0.876. The molecule has 0 radical (unpaired) electrons. The molecule has 0 fully saturated rings. The second-order valence-electron chi connectivity index (χ2n) is 4.97. The predicted octanol–water partition coefficient (Wildman–Crippen LogP) is 2.27. The number of fused-ring (bicyclic) bond motifs is 1. The number of carbonyl (C=O) groups excluding carboxylic acids is 2. The predicted molar refractivity (Wildman–Crippen MR) is 81.1 cm³/mol. The Labute approximate surface area is 127 Å². The fourth-order valence-corrected chi connectivity index (χ4v) is 1.99. The highest BCUT2D eigenvalue weighted by Crippen LogP contribution is 2.13. The molecule has 0 bridgehead atoms.